The number of carbonyl (C=O) groups excluding carboxylic acids is 1. The van der Waals surface area contributed by atoms with E-state index in [1.807, 2.05) is 17.2 Å². The van der Waals surface area contributed by atoms with E-state index in [1.165, 1.54) is 11.3 Å². The lowest BCUT2D eigenvalue weighted by molar-refractivity contribution is -0.0868. The fraction of sp³-hybridized carbons (Fsp3) is 0.692. The van der Waals surface area contributed by atoms with Gasteiger partial charge in [0.25, 0.3) is 5.91 Å². The molecule has 104 valence electrons. The van der Waals surface area contributed by atoms with E-state index in [4.69, 9.17) is 9.47 Å². The van der Waals surface area contributed by atoms with Crippen LogP contribution in [0.3, 0.4) is 0 Å². The Morgan fingerprint density at radius 1 is 1.42 bits per heavy atom. The van der Waals surface area contributed by atoms with E-state index < -0.39 is 0 Å². The van der Waals surface area contributed by atoms with Crippen molar-refractivity contribution < 1.29 is 14.3 Å². The van der Waals surface area contributed by atoms with Crippen LogP contribution in [0.15, 0.2) is 5.38 Å². The lowest BCUT2D eigenvalue weighted by atomic mass is 10.1. The third-order valence-corrected chi connectivity index (χ3v) is 4.37. The number of aromatic nitrogens is 1. The van der Waals surface area contributed by atoms with Gasteiger partial charge in [-0.05, 0) is 19.8 Å². The molecule has 0 aromatic carbocycles. The van der Waals surface area contributed by atoms with Crippen LogP contribution in [0.1, 0.15) is 28.3 Å². The third kappa shape index (κ3) is 2.80. The standard InChI is InChI=1S/C13H18N2O3S/c1-9-14-10(8-19-9)13(16)15-4-6-18-12(7-15)11-3-2-5-17-11/h8,11-12H,2-7H2,1H3. The van der Waals surface area contributed by atoms with Gasteiger partial charge in [0.1, 0.15) is 11.8 Å². The van der Waals surface area contributed by atoms with E-state index in [-0.39, 0.29) is 18.1 Å². The van der Waals surface area contributed by atoms with Crippen LogP contribution in [0.5, 0.6) is 0 Å². The molecule has 0 bridgehead atoms. The van der Waals surface area contributed by atoms with Gasteiger partial charge in [-0.1, -0.05) is 0 Å². The van der Waals surface area contributed by atoms with Gasteiger partial charge in [0.05, 0.1) is 17.7 Å². The molecule has 1 aromatic rings. The summed E-state index contributed by atoms with van der Waals surface area (Å²) in [6.07, 6.45) is 2.28. The Kier molecular flexibility index (Phi) is 3.81. The number of thiazole rings is 1. The fourth-order valence-corrected chi connectivity index (χ4v) is 3.19. The van der Waals surface area contributed by atoms with Gasteiger partial charge in [-0.15, -0.1) is 11.3 Å². The van der Waals surface area contributed by atoms with Crippen LogP contribution >= 0.6 is 11.3 Å². The molecule has 5 nitrogen and oxygen atoms in total. The summed E-state index contributed by atoms with van der Waals surface area (Å²) < 4.78 is 11.4. The summed E-state index contributed by atoms with van der Waals surface area (Å²) in [4.78, 5) is 18.4. The first kappa shape index (κ1) is 13.0. The van der Waals surface area contributed by atoms with Crippen LogP contribution in [0.4, 0.5) is 0 Å². The minimum atomic E-state index is 0.00986. The number of aryl methyl sites for hydroxylation is 1. The topological polar surface area (TPSA) is 51.7 Å². The SMILES string of the molecule is Cc1nc(C(=O)N2CCOC(C3CCCO3)C2)cs1. The highest BCUT2D eigenvalue weighted by Crippen LogP contribution is 2.22. The van der Waals surface area contributed by atoms with Crippen molar-refractivity contribution in [2.24, 2.45) is 0 Å². The van der Waals surface area contributed by atoms with Crippen molar-refractivity contribution in [1.29, 1.82) is 0 Å². The fourth-order valence-electron chi connectivity index (χ4n) is 2.60. The molecule has 0 aliphatic carbocycles. The Labute approximate surface area is 116 Å². The maximum absolute atomic E-state index is 12.3. The molecular formula is C13H18N2O3S. The van der Waals surface area contributed by atoms with Crippen molar-refractivity contribution in [1.82, 2.24) is 9.88 Å². The number of carbonyl (C=O) groups is 1. The van der Waals surface area contributed by atoms with Crippen LogP contribution in [-0.2, 0) is 9.47 Å². The van der Waals surface area contributed by atoms with E-state index in [1.54, 1.807) is 0 Å². The van der Waals surface area contributed by atoms with Gasteiger partial charge in [0, 0.05) is 25.1 Å². The Hall–Kier alpha value is -0.980. The molecule has 0 radical (unpaired) electrons. The van der Waals surface area contributed by atoms with Gasteiger partial charge in [0.15, 0.2) is 0 Å². The average Bonchev–Trinajstić information content (AvgIpc) is 3.09. The van der Waals surface area contributed by atoms with Crippen molar-refractivity contribution >= 4 is 17.2 Å². The monoisotopic (exact) mass is 282 g/mol. The second-order valence-electron chi connectivity index (χ2n) is 4.96. The second kappa shape index (κ2) is 5.56. The zero-order valence-electron chi connectivity index (χ0n) is 11.0. The predicted octanol–water partition coefficient (Wildman–Crippen LogP) is 1.47. The highest BCUT2D eigenvalue weighted by atomic mass is 32.1. The molecule has 2 unspecified atom stereocenters. The Balaban J connectivity index is 1.65. The predicted molar refractivity (Wildman–Crippen MR) is 71.5 cm³/mol. The van der Waals surface area contributed by atoms with Gasteiger partial charge in [0.2, 0.25) is 0 Å². The van der Waals surface area contributed by atoms with Crippen molar-refractivity contribution in [2.75, 3.05) is 26.3 Å². The first-order valence-corrected chi connectivity index (χ1v) is 7.56. The molecule has 2 atom stereocenters. The smallest absolute Gasteiger partial charge is 0.273 e. The average molecular weight is 282 g/mol. The third-order valence-electron chi connectivity index (χ3n) is 3.60. The molecule has 19 heavy (non-hydrogen) atoms. The highest BCUT2D eigenvalue weighted by Gasteiger charge is 2.33. The number of hydrogen-bond acceptors (Lipinski definition) is 5. The second-order valence-corrected chi connectivity index (χ2v) is 6.03. The van der Waals surface area contributed by atoms with Crippen LogP contribution < -0.4 is 0 Å². The maximum atomic E-state index is 12.3. The largest absolute Gasteiger partial charge is 0.375 e. The van der Waals surface area contributed by atoms with Crippen LogP contribution in [0.2, 0.25) is 0 Å². The highest BCUT2D eigenvalue weighted by molar-refractivity contribution is 7.09. The van der Waals surface area contributed by atoms with E-state index in [0.717, 1.165) is 24.5 Å². The lowest BCUT2D eigenvalue weighted by Crippen LogP contribution is -2.49. The van der Waals surface area contributed by atoms with E-state index in [2.05, 4.69) is 4.98 Å². The minimum absolute atomic E-state index is 0.00986. The summed E-state index contributed by atoms with van der Waals surface area (Å²) in [5.74, 6) is 0.00986. The molecule has 2 saturated heterocycles. The van der Waals surface area contributed by atoms with Gasteiger partial charge >= 0.3 is 0 Å². The summed E-state index contributed by atoms with van der Waals surface area (Å²) in [5.41, 5.74) is 0.551. The molecule has 6 heteroatoms. The number of amides is 1. The Bertz CT molecular complexity index is 456. The van der Waals surface area contributed by atoms with Gasteiger partial charge in [-0.25, -0.2) is 4.98 Å². The zero-order valence-corrected chi connectivity index (χ0v) is 11.8. The number of ether oxygens (including phenoxy) is 2. The van der Waals surface area contributed by atoms with Crippen molar-refractivity contribution in [3.8, 4) is 0 Å². The first-order valence-electron chi connectivity index (χ1n) is 6.68. The summed E-state index contributed by atoms with van der Waals surface area (Å²) in [6.45, 7) is 4.55. The molecule has 0 spiro atoms. The quantitative estimate of drug-likeness (QED) is 0.824. The molecule has 1 aromatic heterocycles. The molecule has 2 aliphatic rings. The number of morpholine rings is 1. The minimum Gasteiger partial charge on any atom is -0.375 e. The van der Waals surface area contributed by atoms with E-state index in [9.17, 15) is 4.79 Å². The molecule has 3 heterocycles. The summed E-state index contributed by atoms with van der Waals surface area (Å²) in [5, 5.41) is 2.75. The number of hydrogen-bond donors (Lipinski definition) is 0. The van der Waals surface area contributed by atoms with Crippen LogP contribution in [0.25, 0.3) is 0 Å². The van der Waals surface area contributed by atoms with Gasteiger partial charge < -0.3 is 14.4 Å². The number of nitrogens with zero attached hydrogens (tertiary/aromatic N) is 2. The Morgan fingerprint density at radius 3 is 2.95 bits per heavy atom. The van der Waals surface area contributed by atoms with E-state index in [0.29, 0.717) is 25.4 Å². The normalized spacial score (nSPS) is 27.7. The summed E-state index contributed by atoms with van der Waals surface area (Å²) in [7, 11) is 0. The molecule has 0 N–H and O–H groups in total. The van der Waals surface area contributed by atoms with Crippen molar-refractivity contribution in [3.05, 3.63) is 16.1 Å². The van der Waals surface area contributed by atoms with Gasteiger partial charge in [-0.2, -0.15) is 0 Å². The summed E-state index contributed by atoms with van der Waals surface area (Å²) in [6, 6.07) is 0. The van der Waals surface area contributed by atoms with Gasteiger partial charge in [-0.3, -0.25) is 4.79 Å². The molecule has 0 saturated carbocycles. The molecule has 2 aliphatic heterocycles. The van der Waals surface area contributed by atoms with E-state index >= 15 is 0 Å². The zero-order chi connectivity index (χ0) is 13.2. The Morgan fingerprint density at radius 2 is 2.26 bits per heavy atom. The summed E-state index contributed by atoms with van der Waals surface area (Å²) >= 11 is 1.51. The molecule has 1 amide bonds. The van der Waals surface area contributed by atoms with Crippen LogP contribution in [-0.4, -0.2) is 54.3 Å². The molecular weight excluding hydrogens is 264 g/mol. The molecule has 3 rings (SSSR count). The lowest BCUT2D eigenvalue weighted by Gasteiger charge is -2.35. The number of rotatable bonds is 2. The maximum Gasteiger partial charge on any atom is 0.273 e. The van der Waals surface area contributed by atoms with Crippen molar-refractivity contribution in [2.45, 2.75) is 32.0 Å². The first-order chi connectivity index (χ1) is 9.24. The van der Waals surface area contributed by atoms with Crippen molar-refractivity contribution in [3.63, 3.8) is 0 Å². The molecule has 2 fully saturated rings. The van der Waals surface area contributed by atoms with Crippen LogP contribution in [0, 0.1) is 6.92 Å².